The van der Waals surface area contributed by atoms with Crippen molar-refractivity contribution in [2.75, 3.05) is 18.0 Å². The van der Waals surface area contributed by atoms with Gasteiger partial charge < -0.3 is 10.6 Å². The highest BCUT2D eigenvalue weighted by Crippen LogP contribution is 2.27. The molecular formula is C16H19FN4. The molecule has 0 bridgehead atoms. The topological polar surface area (TPSA) is 55.0 Å². The van der Waals surface area contributed by atoms with E-state index in [9.17, 15) is 4.39 Å². The molecule has 0 saturated carbocycles. The average molecular weight is 286 g/mol. The number of aryl methyl sites for hydroxylation is 1. The number of hydrogen-bond donors (Lipinski definition) is 1. The van der Waals surface area contributed by atoms with Crippen LogP contribution >= 0.6 is 0 Å². The van der Waals surface area contributed by atoms with E-state index in [0.29, 0.717) is 11.4 Å². The summed E-state index contributed by atoms with van der Waals surface area (Å²) in [5.41, 5.74) is 8.32. The van der Waals surface area contributed by atoms with Gasteiger partial charge in [0.15, 0.2) is 5.82 Å². The summed E-state index contributed by atoms with van der Waals surface area (Å²) in [6.07, 6.45) is 0.956. The lowest BCUT2D eigenvalue weighted by Gasteiger charge is -2.21. The van der Waals surface area contributed by atoms with Crippen LogP contribution in [0.15, 0.2) is 24.3 Å². The first-order valence-electron chi connectivity index (χ1n) is 7.17. The predicted molar refractivity (Wildman–Crippen MR) is 81.7 cm³/mol. The van der Waals surface area contributed by atoms with Crippen molar-refractivity contribution >= 4 is 5.82 Å². The van der Waals surface area contributed by atoms with Gasteiger partial charge in [-0.1, -0.05) is 12.1 Å². The normalized spacial score (nSPS) is 18.3. The molecule has 1 aromatic heterocycles. The largest absolute Gasteiger partial charge is 0.355 e. The minimum absolute atomic E-state index is 0.177. The maximum atomic E-state index is 14.0. The summed E-state index contributed by atoms with van der Waals surface area (Å²) in [7, 11) is 0. The molecule has 1 aliphatic rings. The summed E-state index contributed by atoms with van der Waals surface area (Å²) in [6.45, 7) is 5.60. The number of aromatic nitrogens is 2. The zero-order valence-corrected chi connectivity index (χ0v) is 12.3. The van der Waals surface area contributed by atoms with Crippen molar-refractivity contribution < 1.29 is 4.39 Å². The van der Waals surface area contributed by atoms with Crippen LogP contribution in [0.5, 0.6) is 0 Å². The second kappa shape index (κ2) is 5.41. The maximum absolute atomic E-state index is 14.0. The van der Waals surface area contributed by atoms with Crippen LogP contribution in [0.3, 0.4) is 0 Å². The van der Waals surface area contributed by atoms with Crippen LogP contribution in [0.4, 0.5) is 10.2 Å². The fraction of sp³-hybridized carbons (Fsp3) is 0.375. The maximum Gasteiger partial charge on any atom is 0.164 e. The Morgan fingerprint density at radius 3 is 2.67 bits per heavy atom. The molecule has 4 nitrogen and oxygen atoms in total. The van der Waals surface area contributed by atoms with Crippen molar-refractivity contribution in [1.82, 2.24) is 9.97 Å². The Morgan fingerprint density at radius 1 is 1.24 bits per heavy atom. The molecule has 1 atom stereocenters. The first-order valence-corrected chi connectivity index (χ1v) is 7.17. The van der Waals surface area contributed by atoms with E-state index in [1.54, 1.807) is 18.2 Å². The van der Waals surface area contributed by atoms with Gasteiger partial charge >= 0.3 is 0 Å². The first-order chi connectivity index (χ1) is 10.1. The zero-order valence-electron chi connectivity index (χ0n) is 12.3. The number of benzene rings is 1. The third kappa shape index (κ3) is 2.61. The highest BCUT2D eigenvalue weighted by Gasteiger charge is 2.23. The molecule has 0 amide bonds. The van der Waals surface area contributed by atoms with Gasteiger partial charge in [-0.05, 0) is 32.4 Å². The summed E-state index contributed by atoms with van der Waals surface area (Å²) in [6, 6.07) is 6.78. The summed E-state index contributed by atoms with van der Waals surface area (Å²) >= 11 is 0. The molecule has 1 unspecified atom stereocenters. The summed E-state index contributed by atoms with van der Waals surface area (Å²) < 4.78 is 14.0. The zero-order chi connectivity index (χ0) is 15.0. The van der Waals surface area contributed by atoms with Crippen molar-refractivity contribution in [1.29, 1.82) is 0 Å². The van der Waals surface area contributed by atoms with E-state index in [2.05, 4.69) is 14.9 Å². The molecule has 2 aromatic rings. The highest BCUT2D eigenvalue weighted by molar-refractivity contribution is 5.61. The molecule has 1 fully saturated rings. The molecule has 0 spiro atoms. The summed E-state index contributed by atoms with van der Waals surface area (Å²) in [5.74, 6) is 1.00. The van der Waals surface area contributed by atoms with E-state index < -0.39 is 0 Å². The Balaban J connectivity index is 2.08. The number of anilines is 1. The van der Waals surface area contributed by atoms with Gasteiger partial charge in [-0.15, -0.1) is 0 Å². The van der Waals surface area contributed by atoms with Crippen molar-refractivity contribution in [3.63, 3.8) is 0 Å². The van der Waals surface area contributed by atoms with Crippen LogP contribution in [0, 0.1) is 19.7 Å². The van der Waals surface area contributed by atoms with Crippen LogP contribution in [0.25, 0.3) is 11.4 Å². The summed E-state index contributed by atoms with van der Waals surface area (Å²) in [4.78, 5) is 11.2. The lowest BCUT2D eigenvalue weighted by Crippen LogP contribution is -2.27. The Kier molecular flexibility index (Phi) is 3.59. The van der Waals surface area contributed by atoms with Gasteiger partial charge in [-0.25, -0.2) is 14.4 Å². The second-order valence-corrected chi connectivity index (χ2v) is 5.56. The monoisotopic (exact) mass is 286 g/mol. The van der Waals surface area contributed by atoms with Crippen LogP contribution in [-0.4, -0.2) is 29.1 Å². The molecule has 2 N–H and O–H groups in total. The molecule has 5 heteroatoms. The number of halogens is 1. The fourth-order valence-corrected chi connectivity index (χ4v) is 2.66. The molecule has 1 saturated heterocycles. The van der Waals surface area contributed by atoms with Gasteiger partial charge in [0, 0.05) is 30.4 Å². The molecule has 21 heavy (non-hydrogen) atoms. The molecular weight excluding hydrogens is 267 g/mol. The number of rotatable bonds is 2. The van der Waals surface area contributed by atoms with Gasteiger partial charge in [0.05, 0.1) is 5.56 Å². The van der Waals surface area contributed by atoms with E-state index >= 15 is 0 Å². The Bertz CT molecular complexity index is 671. The molecule has 2 heterocycles. The lowest BCUT2D eigenvalue weighted by molar-refractivity contribution is 0.629. The first kappa shape index (κ1) is 13.9. The molecule has 0 aliphatic carbocycles. The van der Waals surface area contributed by atoms with Crippen LogP contribution < -0.4 is 10.6 Å². The van der Waals surface area contributed by atoms with Gasteiger partial charge in [-0.2, -0.15) is 0 Å². The minimum atomic E-state index is -0.301. The Morgan fingerprint density at radius 2 is 2.00 bits per heavy atom. The van der Waals surface area contributed by atoms with Crippen molar-refractivity contribution in [2.24, 2.45) is 5.73 Å². The van der Waals surface area contributed by atoms with Gasteiger partial charge in [0.25, 0.3) is 0 Å². The van der Waals surface area contributed by atoms with Gasteiger partial charge in [-0.3, -0.25) is 0 Å². The third-order valence-corrected chi connectivity index (χ3v) is 4.00. The number of nitrogens with zero attached hydrogens (tertiary/aromatic N) is 3. The highest BCUT2D eigenvalue weighted by atomic mass is 19.1. The standard InChI is InChI=1S/C16H19FN4/c1-10-11(2)19-15(13-5-3-4-6-14(13)17)20-16(10)21-8-7-12(18)9-21/h3-6,12H,7-9,18H2,1-2H3. The predicted octanol–water partition coefficient (Wildman–Crippen LogP) is 2.44. The van der Waals surface area contributed by atoms with Gasteiger partial charge in [0.2, 0.25) is 0 Å². The molecule has 1 aromatic carbocycles. The van der Waals surface area contributed by atoms with Crippen molar-refractivity contribution in [2.45, 2.75) is 26.3 Å². The smallest absolute Gasteiger partial charge is 0.164 e. The van der Waals surface area contributed by atoms with Crippen molar-refractivity contribution in [3.05, 3.63) is 41.3 Å². The SMILES string of the molecule is Cc1nc(-c2ccccc2F)nc(N2CCC(N)C2)c1C. The average Bonchev–Trinajstić information content (AvgIpc) is 2.89. The van der Waals surface area contributed by atoms with Crippen LogP contribution in [-0.2, 0) is 0 Å². The number of nitrogens with two attached hydrogens (primary N) is 1. The number of hydrogen-bond acceptors (Lipinski definition) is 4. The van der Waals surface area contributed by atoms with E-state index in [1.807, 2.05) is 13.8 Å². The third-order valence-electron chi connectivity index (χ3n) is 4.00. The quantitative estimate of drug-likeness (QED) is 0.921. The minimum Gasteiger partial charge on any atom is -0.355 e. The summed E-state index contributed by atoms with van der Waals surface area (Å²) in [5, 5.41) is 0. The van der Waals surface area contributed by atoms with E-state index in [1.165, 1.54) is 6.07 Å². The van der Waals surface area contributed by atoms with Crippen LogP contribution in [0.2, 0.25) is 0 Å². The molecule has 3 rings (SSSR count). The molecule has 1 aliphatic heterocycles. The fourth-order valence-electron chi connectivity index (χ4n) is 2.66. The Labute approximate surface area is 123 Å². The second-order valence-electron chi connectivity index (χ2n) is 5.56. The molecule has 110 valence electrons. The Hall–Kier alpha value is -2.01. The van der Waals surface area contributed by atoms with E-state index in [0.717, 1.165) is 36.6 Å². The van der Waals surface area contributed by atoms with Gasteiger partial charge in [0.1, 0.15) is 11.6 Å². The van der Waals surface area contributed by atoms with E-state index in [4.69, 9.17) is 5.73 Å². The molecule has 0 radical (unpaired) electrons. The van der Waals surface area contributed by atoms with Crippen LogP contribution in [0.1, 0.15) is 17.7 Å². The lowest BCUT2D eigenvalue weighted by atomic mass is 10.1. The van der Waals surface area contributed by atoms with E-state index in [-0.39, 0.29) is 11.9 Å². The van der Waals surface area contributed by atoms with Crippen molar-refractivity contribution in [3.8, 4) is 11.4 Å².